The fourth-order valence-electron chi connectivity index (χ4n) is 5.56. The van der Waals surface area contributed by atoms with E-state index >= 15 is 0 Å². The van der Waals surface area contributed by atoms with Crippen LogP contribution in [0.3, 0.4) is 0 Å². The summed E-state index contributed by atoms with van der Waals surface area (Å²) in [7, 11) is 2.21. The maximum absolute atomic E-state index is 11.8. The molecule has 118 valence electrons. The van der Waals surface area contributed by atoms with Gasteiger partial charge in [-0.05, 0) is 37.3 Å². The fourth-order valence-corrected chi connectivity index (χ4v) is 5.56. The molecule has 2 unspecified atom stereocenters. The summed E-state index contributed by atoms with van der Waals surface area (Å²) in [6.45, 7) is 3.17. The highest BCUT2D eigenvalue weighted by Crippen LogP contribution is 2.54. The molecule has 3 nitrogen and oxygen atoms in total. The van der Waals surface area contributed by atoms with E-state index in [1.54, 1.807) is 0 Å². The smallest absolute Gasteiger partial charge is 0.125 e. The Balaban J connectivity index is 1.74. The summed E-state index contributed by atoms with van der Waals surface area (Å²) in [4.78, 5) is 14.4. The van der Waals surface area contributed by atoms with Gasteiger partial charge in [0.2, 0.25) is 0 Å². The van der Waals surface area contributed by atoms with E-state index in [4.69, 9.17) is 0 Å². The lowest BCUT2D eigenvalue weighted by Gasteiger charge is -2.57. The van der Waals surface area contributed by atoms with Gasteiger partial charge in [-0.2, -0.15) is 0 Å². The van der Waals surface area contributed by atoms with Crippen molar-refractivity contribution >= 4 is 17.2 Å². The fraction of sp³-hybridized carbons (Fsp3) is 0.450. The molecule has 5 heterocycles. The number of aldehydes is 1. The van der Waals surface area contributed by atoms with Crippen LogP contribution in [-0.4, -0.2) is 28.3 Å². The largest absolute Gasteiger partial charge is 0.346 e. The van der Waals surface area contributed by atoms with Crippen LogP contribution in [0.5, 0.6) is 0 Å². The van der Waals surface area contributed by atoms with Crippen LogP contribution in [0.25, 0.3) is 10.9 Å². The average Bonchev–Trinajstić information content (AvgIpc) is 2.87. The first kappa shape index (κ1) is 13.6. The van der Waals surface area contributed by atoms with Crippen molar-refractivity contribution in [2.75, 3.05) is 6.54 Å². The molecule has 0 amide bonds. The molecule has 0 spiro atoms. The van der Waals surface area contributed by atoms with E-state index in [2.05, 4.69) is 53.8 Å². The number of rotatable bonds is 1. The Morgan fingerprint density at radius 1 is 1.26 bits per heavy atom. The number of fused-ring (bicyclic) bond motifs is 4. The molecule has 3 saturated heterocycles. The number of carbonyl (C=O) groups is 1. The van der Waals surface area contributed by atoms with Gasteiger partial charge in [0.05, 0.1) is 6.04 Å². The molecule has 6 rings (SSSR count). The van der Waals surface area contributed by atoms with Gasteiger partial charge in [0.15, 0.2) is 0 Å². The number of hydrogen-bond donors (Lipinski definition) is 0. The van der Waals surface area contributed by atoms with Crippen molar-refractivity contribution in [3.63, 3.8) is 0 Å². The van der Waals surface area contributed by atoms with Crippen molar-refractivity contribution in [3.8, 4) is 0 Å². The molecule has 3 heteroatoms. The second kappa shape index (κ2) is 4.57. The number of para-hydroxylation sites is 1. The number of hydrogen-bond acceptors (Lipinski definition) is 2. The Morgan fingerprint density at radius 2 is 2.09 bits per heavy atom. The van der Waals surface area contributed by atoms with Crippen LogP contribution in [-0.2, 0) is 18.3 Å². The number of allylic oxidation sites excluding steroid dienone is 1. The van der Waals surface area contributed by atoms with Crippen LogP contribution >= 0.6 is 0 Å². The molecule has 0 radical (unpaired) electrons. The number of piperidine rings is 3. The zero-order valence-corrected chi connectivity index (χ0v) is 13.7. The zero-order valence-electron chi connectivity index (χ0n) is 13.7. The lowest BCUT2D eigenvalue weighted by molar-refractivity contribution is -0.121. The van der Waals surface area contributed by atoms with E-state index < -0.39 is 0 Å². The van der Waals surface area contributed by atoms with Crippen molar-refractivity contribution in [2.24, 2.45) is 18.9 Å². The summed E-state index contributed by atoms with van der Waals surface area (Å²) in [5, 5.41) is 1.38. The van der Waals surface area contributed by atoms with Crippen molar-refractivity contribution in [3.05, 3.63) is 47.2 Å². The third kappa shape index (κ3) is 1.56. The maximum Gasteiger partial charge on any atom is 0.125 e. The standard InChI is InChI=1S/C20H22N2O/c1-3-12-10-22-18-9-15-13-6-4-5-7-17(13)21(2)20(15)19(22)8-14(12)16(18)11-23/h3-7,11,14,16,18-19H,8-10H2,1-2H3/b12-3-/t14-,16?,18-,19-/m1/s1. The van der Waals surface area contributed by atoms with Gasteiger partial charge in [0.1, 0.15) is 6.29 Å². The van der Waals surface area contributed by atoms with E-state index in [1.165, 1.54) is 34.0 Å². The number of carbonyl (C=O) groups excluding carboxylic acids is 1. The van der Waals surface area contributed by atoms with E-state index in [1.807, 2.05) is 0 Å². The minimum atomic E-state index is 0.165. The monoisotopic (exact) mass is 306 g/mol. The van der Waals surface area contributed by atoms with Gasteiger partial charge in [-0.3, -0.25) is 4.90 Å². The highest BCUT2D eigenvalue weighted by atomic mass is 16.1. The first-order valence-corrected chi connectivity index (χ1v) is 8.67. The predicted molar refractivity (Wildman–Crippen MR) is 91.3 cm³/mol. The maximum atomic E-state index is 11.8. The summed E-state index contributed by atoms with van der Waals surface area (Å²) in [6.07, 6.45) is 5.59. The van der Waals surface area contributed by atoms with Crippen LogP contribution < -0.4 is 0 Å². The SMILES string of the molecule is C/C=C1/CN2[C@@H]3C[C@H]1C(C=O)[C@H]2Cc1c3n(C)c2ccccc12. The average molecular weight is 306 g/mol. The van der Waals surface area contributed by atoms with Gasteiger partial charge in [0.25, 0.3) is 0 Å². The Kier molecular flexibility index (Phi) is 2.70. The number of aromatic nitrogens is 1. The number of nitrogens with zero attached hydrogens (tertiary/aromatic N) is 2. The third-order valence-corrected chi connectivity index (χ3v) is 6.57. The third-order valence-electron chi connectivity index (χ3n) is 6.57. The van der Waals surface area contributed by atoms with Gasteiger partial charge in [-0.1, -0.05) is 29.8 Å². The molecule has 1 aromatic carbocycles. The van der Waals surface area contributed by atoms with E-state index in [0.29, 0.717) is 18.0 Å². The van der Waals surface area contributed by atoms with Crippen LogP contribution in [0.15, 0.2) is 35.9 Å². The second-order valence-corrected chi connectivity index (χ2v) is 7.32. The Labute approximate surface area is 136 Å². The molecule has 0 aliphatic carbocycles. The lowest BCUT2D eigenvalue weighted by Crippen LogP contribution is -2.60. The van der Waals surface area contributed by atoms with Gasteiger partial charge in [0, 0.05) is 42.1 Å². The van der Waals surface area contributed by atoms with Gasteiger partial charge in [-0.25, -0.2) is 0 Å². The predicted octanol–water partition coefficient (Wildman–Crippen LogP) is 3.24. The summed E-state index contributed by atoms with van der Waals surface area (Å²) >= 11 is 0. The van der Waals surface area contributed by atoms with Gasteiger partial charge < -0.3 is 9.36 Å². The number of aryl methyl sites for hydroxylation is 1. The highest BCUT2D eigenvalue weighted by molar-refractivity contribution is 5.86. The van der Waals surface area contributed by atoms with E-state index in [9.17, 15) is 4.79 Å². The molecule has 4 aliphatic heterocycles. The molecule has 1 aromatic heterocycles. The first-order chi connectivity index (χ1) is 11.2. The Morgan fingerprint density at radius 3 is 2.87 bits per heavy atom. The lowest BCUT2D eigenvalue weighted by atomic mass is 9.64. The minimum Gasteiger partial charge on any atom is -0.346 e. The van der Waals surface area contributed by atoms with Gasteiger partial charge in [-0.15, -0.1) is 0 Å². The summed E-state index contributed by atoms with van der Waals surface area (Å²) in [6, 6.07) is 9.59. The molecular formula is C20H22N2O. The van der Waals surface area contributed by atoms with Crippen LogP contribution in [0.4, 0.5) is 0 Å². The topological polar surface area (TPSA) is 25.2 Å². The Hall–Kier alpha value is -1.87. The van der Waals surface area contributed by atoms with Crippen LogP contribution in [0.1, 0.15) is 30.6 Å². The zero-order chi connectivity index (χ0) is 15.7. The molecule has 0 saturated carbocycles. The normalized spacial score (nSPS) is 36.4. The van der Waals surface area contributed by atoms with Crippen molar-refractivity contribution in [1.29, 1.82) is 0 Å². The molecule has 0 N–H and O–H groups in total. The number of benzene rings is 1. The minimum absolute atomic E-state index is 0.165. The van der Waals surface area contributed by atoms with E-state index in [-0.39, 0.29) is 5.92 Å². The van der Waals surface area contributed by atoms with Crippen molar-refractivity contribution in [2.45, 2.75) is 31.8 Å². The Bertz CT molecular complexity index is 847. The molecule has 23 heavy (non-hydrogen) atoms. The highest BCUT2D eigenvalue weighted by Gasteiger charge is 2.53. The molecule has 5 atom stereocenters. The summed E-state index contributed by atoms with van der Waals surface area (Å²) < 4.78 is 2.40. The molecule has 3 fully saturated rings. The first-order valence-electron chi connectivity index (χ1n) is 8.67. The van der Waals surface area contributed by atoms with Crippen LogP contribution in [0.2, 0.25) is 0 Å². The summed E-state index contributed by atoms with van der Waals surface area (Å²) in [5.74, 6) is 0.613. The quantitative estimate of drug-likeness (QED) is 0.597. The van der Waals surface area contributed by atoms with Crippen molar-refractivity contribution < 1.29 is 4.79 Å². The molecule has 4 aliphatic rings. The second-order valence-electron chi connectivity index (χ2n) is 7.32. The molecular weight excluding hydrogens is 284 g/mol. The molecule has 2 aromatic rings. The van der Waals surface area contributed by atoms with Crippen LogP contribution in [0, 0.1) is 11.8 Å². The summed E-state index contributed by atoms with van der Waals surface area (Å²) in [5.41, 5.74) is 5.78. The van der Waals surface area contributed by atoms with E-state index in [0.717, 1.165) is 19.4 Å². The van der Waals surface area contributed by atoms with Crippen molar-refractivity contribution in [1.82, 2.24) is 9.47 Å². The molecule has 4 bridgehead atoms. The van der Waals surface area contributed by atoms with Gasteiger partial charge >= 0.3 is 0 Å².